The van der Waals surface area contributed by atoms with Gasteiger partial charge < -0.3 is 5.43 Å². The topological polar surface area (TPSA) is 106 Å². The number of thiazole rings is 1. The summed E-state index contributed by atoms with van der Waals surface area (Å²) in [5, 5.41) is 5.15. The van der Waals surface area contributed by atoms with Gasteiger partial charge in [0.2, 0.25) is 0 Å². The third-order valence-electron chi connectivity index (χ3n) is 2.35. The highest BCUT2D eigenvalue weighted by Gasteiger charge is 2.12. The first-order valence-electron chi connectivity index (χ1n) is 5.65. The van der Waals surface area contributed by atoms with Crippen LogP contribution in [0.4, 0.5) is 10.9 Å². The number of amides is 1. The number of nitrogens with one attached hydrogen (secondary N) is 2. The van der Waals surface area contributed by atoms with E-state index in [9.17, 15) is 4.79 Å². The quantitative estimate of drug-likeness (QED) is 0.579. The normalized spacial score (nSPS) is 10.5. The molecule has 0 spiro atoms. The fourth-order valence-electron chi connectivity index (χ4n) is 1.31. The summed E-state index contributed by atoms with van der Waals surface area (Å²) >= 11 is 1.38. The van der Waals surface area contributed by atoms with Gasteiger partial charge in [0.25, 0.3) is 5.91 Å². The number of hydrogen-bond acceptors (Lipinski definition) is 7. The van der Waals surface area contributed by atoms with E-state index in [-0.39, 0.29) is 11.6 Å². The van der Waals surface area contributed by atoms with Crippen LogP contribution in [-0.4, -0.2) is 20.9 Å². The average molecular weight is 278 g/mol. The first-order valence-corrected chi connectivity index (χ1v) is 6.53. The average Bonchev–Trinajstić information content (AvgIpc) is 2.87. The van der Waals surface area contributed by atoms with Gasteiger partial charge in [0, 0.05) is 5.38 Å². The molecule has 4 N–H and O–H groups in total. The molecule has 8 heteroatoms. The smallest absolute Gasteiger partial charge is 0.277 e. The third kappa shape index (κ3) is 3.24. The summed E-state index contributed by atoms with van der Waals surface area (Å²) in [4.78, 5) is 24.1. The molecule has 0 aromatic carbocycles. The van der Waals surface area contributed by atoms with Crippen molar-refractivity contribution >= 4 is 28.2 Å². The summed E-state index contributed by atoms with van der Waals surface area (Å²) in [5.74, 6) is 5.50. The zero-order chi connectivity index (χ0) is 13.8. The van der Waals surface area contributed by atoms with E-state index in [2.05, 4.69) is 25.7 Å². The second-order valence-corrected chi connectivity index (χ2v) is 4.98. The van der Waals surface area contributed by atoms with Crippen molar-refractivity contribution in [3.63, 3.8) is 0 Å². The standard InChI is InChI=1S/C11H14N6OS/c1-6(2)8-5-19-11(15-8)16-10(18)7-3-13-4-9(14-7)17-12/h3-6H,12H2,1-2H3,(H,14,17)(H,15,16,18). The zero-order valence-corrected chi connectivity index (χ0v) is 11.4. The van der Waals surface area contributed by atoms with Crippen molar-refractivity contribution in [2.45, 2.75) is 19.8 Å². The summed E-state index contributed by atoms with van der Waals surface area (Å²) in [6, 6.07) is 0. The molecular formula is C11H14N6OS. The second-order valence-electron chi connectivity index (χ2n) is 4.12. The number of rotatable bonds is 4. The number of nitrogen functional groups attached to an aromatic ring is 1. The van der Waals surface area contributed by atoms with Crippen LogP contribution in [0.3, 0.4) is 0 Å². The zero-order valence-electron chi connectivity index (χ0n) is 10.5. The number of hydrogen-bond donors (Lipinski definition) is 3. The van der Waals surface area contributed by atoms with E-state index in [4.69, 9.17) is 5.84 Å². The van der Waals surface area contributed by atoms with Crippen molar-refractivity contribution < 1.29 is 4.79 Å². The highest BCUT2D eigenvalue weighted by molar-refractivity contribution is 7.14. The van der Waals surface area contributed by atoms with Crippen LogP contribution < -0.4 is 16.6 Å². The summed E-state index contributed by atoms with van der Waals surface area (Å²) < 4.78 is 0. The molecule has 0 unspecified atom stereocenters. The first-order chi connectivity index (χ1) is 9.10. The molecule has 2 rings (SSSR count). The number of nitrogens with zero attached hydrogens (tertiary/aromatic N) is 3. The fourth-order valence-corrected chi connectivity index (χ4v) is 2.18. The molecular weight excluding hydrogens is 264 g/mol. The van der Waals surface area contributed by atoms with E-state index in [1.165, 1.54) is 23.7 Å². The molecule has 0 atom stereocenters. The molecule has 19 heavy (non-hydrogen) atoms. The monoisotopic (exact) mass is 278 g/mol. The Kier molecular flexibility index (Phi) is 4.03. The van der Waals surface area contributed by atoms with Gasteiger partial charge in [-0.1, -0.05) is 13.8 Å². The Bertz CT molecular complexity index is 582. The lowest BCUT2D eigenvalue weighted by atomic mass is 10.2. The molecule has 0 bridgehead atoms. The Morgan fingerprint density at radius 3 is 2.79 bits per heavy atom. The van der Waals surface area contributed by atoms with Crippen molar-refractivity contribution in [2.75, 3.05) is 10.7 Å². The molecule has 100 valence electrons. The lowest BCUT2D eigenvalue weighted by Crippen LogP contribution is -2.16. The number of carbonyl (C=O) groups excluding carboxylic acids is 1. The predicted octanol–water partition coefficient (Wildman–Crippen LogP) is 1.59. The van der Waals surface area contributed by atoms with E-state index >= 15 is 0 Å². The van der Waals surface area contributed by atoms with Gasteiger partial charge in [0.05, 0.1) is 18.1 Å². The van der Waals surface area contributed by atoms with Gasteiger partial charge >= 0.3 is 0 Å². The first kappa shape index (κ1) is 13.4. The molecule has 0 radical (unpaired) electrons. The van der Waals surface area contributed by atoms with Crippen LogP contribution >= 0.6 is 11.3 Å². The Labute approximate surface area is 114 Å². The predicted molar refractivity (Wildman–Crippen MR) is 74.0 cm³/mol. The van der Waals surface area contributed by atoms with Crippen molar-refractivity contribution in [3.05, 3.63) is 29.2 Å². The lowest BCUT2D eigenvalue weighted by Gasteiger charge is -2.03. The SMILES string of the molecule is CC(C)c1csc(NC(=O)c2cncc(NN)n2)n1. The van der Waals surface area contributed by atoms with E-state index < -0.39 is 0 Å². The van der Waals surface area contributed by atoms with Crippen molar-refractivity contribution in [1.82, 2.24) is 15.0 Å². The summed E-state index contributed by atoms with van der Waals surface area (Å²) in [6.07, 6.45) is 2.80. The molecule has 7 nitrogen and oxygen atoms in total. The summed E-state index contributed by atoms with van der Waals surface area (Å²) in [7, 11) is 0. The van der Waals surface area contributed by atoms with Crippen LogP contribution in [0.2, 0.25) is 0 Å². The number of anilines is 2. The van der Waals surface area contributed by atoms with Gasteiger partial charge in [-0.15, -0.1) is 11.3 Å². The molecule has 1 amide bonds. The maximum Gasteiger partial charge on any atom is 0.277 e. The largest absolute Gasteiger partial charge is 0.307 e. The molecule has 0 saturated carbocycles. The second kappa shape index (κ2) is 5.72. The number of hydrazine groups is 1. The Hall–Kier alpha value is -2.06. The van der Waals surface area contributed by atoms with E-state index in [1.54, 1.807) is 0 Å². The van der Waals surface area contributed by atoms with Crippen LogP contribution in [0.5, 0.6) is 0 Å². The Balaban J connectivity index is 2.11. The van der Waals surface area contributed by atoms with Crippen LogP contribution in [-0.2, 0) is 0 Å². The van der Waals surface area contributed by atoms with Gasteiger partial charge in [-0.05, 0) is 5.92 Å². The Morgan fingerprint density at radius 1 is 1.37 bits per heavy atom. The molecule has 0 fully saturated rings. The van der Waals surface area contributed by atoms with E-state index in [0.717, 1.165) is 5.69 Å². The van der Waals surface area contributed by atoms with Crippen molar-refractivity contribution in [3.8, 4) is 0 Å². The molecule has 0 aliphatic carbocycles. The van der Waals surface area contributed by atoms with Gasteiger partial charge in [0.1, 0.15) is 5.69 Å². The molecule has 2 aromatic heterocycles. The Morgan fingerprint density at radius 2 is 2.16 bits per heavy atom. The number of nitrogens with two attached hydrogens (primary N) is 1. The van der Waals surface area contributed by atoms with E-state index in [1.807, 2.05) is 19.2 Å². The highest BCUT2D eigenvalue weighted by atomic mass is 32.1. The van der Waals surface area contributed by atoms with Gasteiger partial charge in [0.15, 0.2) is 10.9 Å². The van der Waals surface area contributed by atoms with Crippen LogP contribution in [0.25, 0.3) is 0 Å². The van der Waals surface area contributed by atoms with Gasteiger partial charge in [-0.25, -0.2) is 15.8 Å². The number of aromatic nitrogens is 3. The molecule has 0 saturated heterocycles. The molecule has 2 aromatic rings. The maximum atomic E-state index is 11.9. The molecule has 2 heterocycles. The summed E-state index contributed by atoms with van der Waals surface area (Å²) in [5.41, 5.74) is 3.46. The molecule has 0 aliphatic rings. The lowest BCUT2D eigenvalue weighted by molar-refractivity contribution is 0.102. The maximum absolute atomic E-state index is 11.9. The van der Waals surface area contributed by atoms with Gasteiger partial charge in [-0.3, -0.25) is 15.1 Å². The van der Waals surface area contributed by atoms with Crippen LogP contribution in [0.15, 0.2) is 17.8 Å². The minimum atomic E-state index is -0.366. The highest BCUT2D eigenvalue weighted by Crippen LogP contribution is 2.21. The van der Waals surface area contributed by atoms with Crippen LogP contribution in [0, 0.1) is 0 Å². The minimum Gasteiger partial charge on any atom is -0.307 e. The van der Waals surface area contributed by atoms with Gasteiger partial charge in [-0.2, -0.15) is 0 Å². The van der Waals surface area contributed by atoms with E-state index in [0.29, 0.717) is 16.9 Å². The number of carbonyl (C=O) groups is 1. The third-order valence-corrected chi connectivity index (χ3v) is 3.12. The minimum absolute atomic E-state index is 0.178. The van der Waals surface area contributed by atoms with Crippen molar-refractivity contribution in [2.24, 2.45) is 5.84 Å². The van der Waals surface area contributed by atoms with Crippen LogP contribution in [0.1, 0.15) is 35.9 Å². The molecule has 0 aliphatic heterocycles. The fraction of sp³-hybridized carbons (Fsp3) is 0.273. The summed E-state index contributed by atoms with van der Waals surface area (Å²) in [6.45, 7) is 4.09. The van der Waals surface area contributed by atoms with Crippen molar-refractivity contribution in [1.29, 1.82) is 0 Å².